The Bertz CT molecular complexity index is 1380. The first-order valence-corrected chi connectivity index (χ1v) is 10.4. The highest BCUT2D eigenvalue weighted by molar-refractivity contribution is 5.91. The molecule has 8 nitrogen and oxygen atoms in total. The lowest BCUT2D eigenvalue weighted by Gasteiger charge is -2.36. The maximum absolute atomic E-state index is 14.1. The number of H-pyrrole nitrogens is 1. The van der Waals surface area contributed by atoms with Gasteiger partial charge < -0.3 is 5.11 Å². The van der Waals surface area contributed by atoms with Crippen LogP contribution in [-0.4, -0.2) is 37.5 Å². The van der Waals surface area contributed by atoms with Gasteiger partial charge in [0.05, 0.1) is 28.6 Å². The van der Waals surface area contributed by atoms with E-state index in [0.29, 0.717) is 41.1 Å². The van der Waals surface area contributed by atoms with Crippen molar-refractivity contribution in [2.24, 2.45) is 10.9 Å². The first-order chi connectivity index (χ1) is 15.7. The topological polar surface area (TPSA) is 123 Å². The summed E-state index contributed by atoms with van der Waals surface area (Å²) in [4.78, 5) is 20.2. The molecule has 1 saturated carbocycles. The molecule has 11 heteroatoms. The minimum atomic E-state index is -4.64. The normalized spacial score (nSPS) is 22.5. The minimum Gasteiger partial charge on any atom is -0.393 e. The number of aliphatic hydroxyl groups is 1. The van der Waals surface area contributed by atoms with E-state index in [2.05, 4.69) is 20.2 Å². The van der Waals surface area contributed by atoms with Crippen LogP contribution in [0.1, 0.15) is 52.6 Å². The Labute approximate surface area is 184 Å². The van der Waals surface area contributed by atoms with Gasteiger partial charge in [0.1, 0.15) is 5.69 Å². The van der Waals surface area contributed by atoms with Crippen LogP contribution in [0.4, 0.5) is 13.2 Å². The van der Waals surface area contributed by atoms with Crippen LogP contribution in [0.25, 0.3) is 16.5 Å². The number of carbonyl (C=O) groups excluding carboxylic acids is 1. The third-order valence-corrected chi connectivity index (χ3v) is 6.46. The molecule has 5 rings (SSSR count). The summed E-state index contributed by atoms with van der Waals surface area (Å²) in [7, 11) is 0. The van der Waals surface area contributed by atoms with Crippen LogP contribution in [0.15, 0.2) is 29.4 Å². The molecule has 1 aliphatic heterocycles. The fourth-order valence-electron chi connectivity index (χ4n) is 4.99. The molecule has 33 heavy (non-hydrogen) atoms. The van der Waals surface area contributed by atoms with Crippen LogP contribution in [0, 0.1) is 12.8 Å². The molecule has 3 heterocycles. The van der Waals surface area contributed by atoms with Crippen LogP contribution < -0.4 is 16.1 Å². The Morgan fingerprint density at radius 3 is 2.76 bits per heavy atom. The summed E-state index contributed by atoms with van der Waals surface area (Å²) in [5, 5.41) is 26.9. The first kappa shape index (κ1) is 21.5. The number of nitrogens with one attached hydrogen (secondary N) is 2. The molecule has 0 radical (unpaired) electrons. The predicted molar refractivity (Wildman–Crippen MR) is 110 cm³/mol. The van der Waals surface area contributed by atoms with Gasteiger partial charge in [-0.1, -0.05) is 11.6 Å². The van der Waals surface area contributed by atoms with Crippen molar-refractivity contribution in [3.8, 4) is 0 Å². The van der Waals surface area contributed by atoms with E-state index in [1.807, 2.05) is 0 Å². The van der Waals surface area contributed by atoms with Crippen LogP contribution in [-0.2, 0) is 6.18 Å². The predicted octanol–water partition coefficient (Wildman–Crippen LogP) is 2.09. The molecule has 1 aromatic carbocycles. The summed E-state index contributed by atoms with van der Waals surface area (Å²) in [5.41, 5.74) is 2.80. The fourth-order valence-corrected chi connectivity index (χ4v) is 4.99. The van der Waals surface area contributed by atoms with Gasteiger partial charge in [-0.25, -0.2) is 5.48 Å². The van der Waals surface area contributed by atoms with Gasteiger partial charge in [0.15, 0.2) is 0 Å². The Morgan fingerprint density at radius 1 is 1.30 bits per heavy atom. The van der Waals surface area contributed by atoms with E-state index in [-0.39, 0.29) is 22.5 Å². The van der Waals surface area contributed by atoms with Gasteiger partial charge in [0.2, 0.25) is 0 Å². The number of hydrogen-bond donors (Lipinski definition) is 4. The van der Waals surface area contributed by atoms with Gasteiger partial charge in [-0.05, 0) is 43.9 Å². The molecule has 2 aromatic heterocycles. The van der Waals surface area contributed by atoms with E-state index in [4.69, 9.17) is 5.21 Å². The Balaban J connectivity index is 1.81. The Morgan fingerprint density at radius 2 is 2.09 bits per heavy atom. The lowest BCUT2D eigenvalue weighted by atomic mass is 9.74. The summed E-state index contributed by atoms with van der Waals surface area (Å²) >= 11 is 0. The average Bonchev–Trinajstić information content (AvgIpc) is 3.17. The van der Waals surface area contributed by atoms with Crippen molar-refractivity contribution < 1.29 is 28.3 Å². The molecule has 1 fully saturated rings. The quantitative estimate of drug-likeness (QED) is 0.345. The Hall–Kier alpha value is -3.31. The SMILES string of the molecule is Cc1[nH]nc2cc(C(F)(F)F)c3c(c12)=C1CCC(O)CC1C(c1ccc(C(=O)NO)nc1)N=3. The van der Waals surface area contributed by atoms with Crippen molar-refractivity contribution in [2.75, 3.05) is 0 Å². The molecular formula is C22H20F3N5O3. The number of aliphatic hydroxyl groups excluding tert-OH is 1. The smallest absolute Gasteiger partial charge is 0.393 e. The average molecular weight is 459 g/mol. The summed E-state index contributed by atoms with van der Waals surface area (Å²) in [6.45, 7) is 1.76. The zero-order chi connectivity index (χ0) is 23.5. The van der Waals surface area contributed by atoms with Crippen LogP contribution in [0.2, 0.25) is 0 Å². The van der Waals surface area contributed by atoms with Gasteiger partial charge in [0.25, 0.3) is 5.91 Å². The molecule has 1 amide bonds. The summed E-state index contributed by atoms with van der Waals surface area (Å²) in [5.74, 6) is -1.13. The molecule has 1 aliphatic carbocycles. The van der Waals surface area contributed by atoms with E-state index in [1.165, 1.54) is 17.7 Å². The zero-order valence-electron chi connectivity index (χ0n) is 17.4. The largest absolute Gasteiger partial charge is 0.418 e. The number of amides is 1. The second kappa shape index (κ2) is 7.63. The number of hydrogen-bond acceptors (Lipinski definition) is 6. The van der Waals surface area contributed by atoms with Gasteiger partial charge in [-0.3, -0.25) is 25.1 Å². The number of aromatic amines is 1. The first-order valence-electron chi connectivity index (χ1n) is 10.4. The summed E-state index contributed by atoms with van der Waals surface area (Å²) < 4.78 is 42.2. The summed E-state index contributed by atoms with van der Waals surface area (Å²) in [6.07, 6.45) is -2.64. The summed E-state index contributed by atoms with van der Waals surface area (Å²) in [6, 6.07) is 3.24. The monoisotopic (exact) mass is 459 g/mol. The number of aryl methyl sites for hydroxylation is 1. The molecule has 4 N–H and O–H groups in total. The maximum Gasteiger partial charge on any atom is 0.418 e. The number of aromatic nitrogens is 3. The fraction of sp³-hybridized carbons (Fsp3) is 0.364. The molecule has 2 aliphatic rings. The zero-order valence-corrected chi connectivity index (χ0v) is 17.4. The van der Waals surface area contributed by atoms with Crippen molar-refractivity contribution >= 4 is 22.4 Å². The number of alkyl halides is 3. The molecule has 0 saturated heterocycles. The molecule has 0 spiro atoms. The van der Waals surface area contributed by atoms with Crippen LogP contribution in [0.3, 0.4) is 0 Å². The lowest BCUT2D eigenvalue weighted by molar-refractivity contribution is -0.138. The second-order valence-electron chi connectivity index (χ2n) is 8.44. The third-order valence-electron chi connectivity index (χ3n) is 6.46. The van der Waals surface area contributed by atoms with E-state index in [9.17, 15) is 23.1 Å². The number of halogens is 3. The molecule has 0 bridgehead atoms. The number of rotatable bonds is 2. The van der Waals surface area contributed by atoms with Gasteiger partial charge in [0, 0.05) is 28.4 Å². The maximum atomic E-state index is 14.1. The molecule has 3 atom stereocenters. The Kier molecular flexibility index (Phi) is 4.98. The van der Waals surface area contributed by atoms with Crippen molar-refractivity contribution in [3.05, 3.63) is 57.5 Å². The minimum absolute atomic E-state index is 0.0444. The number of nitrogens with zero attached hydrogens (tertiary/aromatic N) is 3. The molecule has 172 valence electrons. The van der Waals surface area contributed by atoms with Crippen molar-refractivity contribution in [1.29, 1.82) is 0 Å². The number of benzene rings is 1. The highest BCUT2D eigenvalue weighted by Crippen LogP contribution is 2.43. The molecule has 3 unspecified atom stereocenters. The van der Waals surface area contributed by atoms with Crippen LogP contribution >= 0.6 is 0 Å². The van der Waals surface area contributed by atoms with E-state index >= 15 is 0 Å². The second-order valence-corrected chi connectivity index (χ2v) is 8.44. The number of fused-ring (bicyclic) bond motifs is 4. The third kappa shape index (κ3) is 3.47. The van der Waals surface area contributed by atoms with E-state index in [0.717, 1.165) is 11.6 Å². The number of carbonyl (C=O) groups is 1. The standard InChI is InChI=1S/C22H20F3N5O3/c1-9-17-16(29-28-9)7-14(22(23,24)25)20-18(17)12-4-3-11(31)6-13(12)19(27-20)10-2-5-15(26-8-10)21(32)30-33/h2,5,7-8,11,13,19,31,33H,3-4,6H2,1H3,(H,28,29)(H,30,32). The lowest BCUT2D eigenvalue weighted by Crippen LogP contribution is -2.43. The number of hydroxylamine groups is 1. The van der Waals surface area contributed by atoms with Gasteiger partial charge >= 0.3 is 6.18 Å². The van der Waals surface area contributed by atoms with Crippen molar-refractivity contribution in [3.63, 3.8) is 0 Å². The highest BCUT2D eigenvalue weighted by Gasteiger charge is 2.40. The van der Waals surface area contributed by atoms with E-state index in [1.54, 1.807) is 13.0 Å². The molecule has 3 aromatic rings. The number of pyridine rings is 1. The van der Waals surface area contributed by atoms with Crippen LogP contribution in [0.5, 0.6) is 0 Å². The van der Waals surface area contributed by atoms with Crippen molar-refractivity contribution in [1.82, 2.24) is 20.7 Å². The van der Waals surface area contributed by atoms with Crippen molar-refractivity contribution in [2.45, 2.75) is 44.5 Å². The molecular weight excluding hydrogens is 439 g/mol. The van der Waals surface area contributed by atoms with E-state index < -0.39 is 29.8 Å². The van der Waals surface area contributed by atoms with Gasteiger partial charge in [-0.2, -0.15) is 18.3 Å². The van der Waals surface area contributed by atoms with Gasteiger partial charge in [-0.15, -0.1) is 0 Å². The highest BCUT2D eigenvalue weighted by atomic mass is 19.4.